The van der Waals surface area contributed by atoms with E-state index >= 15 is 0 Å². The maximum Gasteiger partial charge on any atom is 0.303 e. The van der Waals surface area contributed by atoms with Crippen LogP contribution >= 0.6 is 0 Å². The first kappa shape index (κ1) is 13.7. The van der Waals surface area contributed by atoms with Gasteiger partial charge in [0.05, 0.1) is 6.42 Å². The molecule has 0 saturated heterocycles. The largest absolute Gasteiger partial charge is 0.481 e. The molecule has 1 saturated carbocycles. The Morgan fingerprint density at radius 1 is 1.29 bits per heavy atom. The van der Waals surface area contributed by atoms with E-state index in [4.69, 9.17) is 5.11 Å². The van der Waals surface area contributed by atoms with Crippen LogP contribution in [0.5, 0.6) is 0 Å². The van der Waals surface area contributed by atoms with Gasteiger partial charge in [0, 0.05) is 29.2 Å². The molecular weight excluding hydrogens is 268 g/mol. The Labute approximate surface area is 122 Å². The summed E-state index contributed by atoms with van der Waals surface area (Å²) in [7, 11) is 0. The topological polar surface area (TPSA) is 82.2 Å². The number of nitrogens with one attached hydrogen (secondary N) is 2. The van der Waals surface area contributed by atoms with Crippen molar-refractivity contribution in [2.75, 3.05) is 6.54 Å². The summed E-state index contributed by atoms with van der Waals surface area (Å²) in [5.74, 6) is -0.937. The molecular formula is C16H18N2O3. The van der Waals surface area contributed by atoms with Gasteiger partial charge in [-0.25, -0.2) is 0 Å². The number of benzene rings is 1. The van der Waals surface area contributed by atoms with Crippen molar-refractivity contribution in [2.45, 2.75) is 25.7 Å². The van der Waals surface area contributed by atoms with Crippen LogP contribution in [0.2, 0.25) is 0 Å². The van der Waals surface area contributed by atoms with Crippen LogP contribution in [0.25, 0.3) is 10.9 Å². The highest BCUT2D eigenvalue weighted by Crippen LogP contribution is 2.43. The zero-order valence-electron chi connectivity index (χ0n) is 11.7. The second-order valence-corrected chi connectivity index (χ2v) is 5.85. The molecule has 0 bridgehead atoms. The minimum Gasteiger partial charge on any atom is -0.481 e. The van der Waals surface area contributed by atoms with Crippen LogP contribution in [0.15, 0.2) is 30.5 Å². The van der Waals surface area contributed by atoms with E-state index in [1.54, 1.807) is 12.3 Å². The van der Waals surface area contributed by atoms with E-state index in [0.29, 0.717) is 12.1 Å². The molecule has 2 aromatic rings. The minimum absolute atomic E-state index is 0.127. The van der Waals surface area contributed by atoms with Gasteiger partial charge in [0.25, 0.3) is 5.91 Å². The highest BCUT2D eigenvalue weighted by atomic mass is 16.4. The van der Waals surface area contributed by atoms with Crippen molar-refractivity contribution in [3.63, 3.8) is 0 Å². The quantitative estimate of drug-likeness (QED) is 0.790. The standard InChI is InChI=1S/C16H18N2O3/c19-14(20)9-16(6-2-7-16)10-18-15(21)12-3-1-4-13-11(12)5-8-17-13/h1,3-5,8,17H,2,6-7,9-10H2,(H,18,21)(H,19,20). The molecule has 5 nitrogen and oxygen atoms in total. The summed E-state index contributed by atoms with van der Waals surface area (Å²) in [5.41, 5.74) is 1.29. The number of carbonyl (C=O) groups excluding carboxylic acids is 1. The number of carbonyl (C=O) groups is 2. The molecule has 0 unspecified atom stereocenters. The lowest BCUT2D eigenvalue weighted by molar-refractivity contribution is -0.141. The average molecular weight is 286 g/mol. The monoisotopic (exact) mass is 286 g/mol. The molecule has 1 aliphatic rings. The van der Waals surface area contributed by atoms with Gasteiger partial charge in [-0.05, 0) is 36.5 Å². The number of hydrogen-bond donors (Lipinski definition) is 3. The van der Waals surface area contributed by atoms with Gasteiger partial charge < -0.3 is 15.4 Å². The highest BCUT2D eigenvalue weighted by Gasteiger charge is 2.39. The summed E-state index contributed by atoms with van der Waals surface area (Å²) < 4.78 is 0. The van der Waals surface area contributed by atoms with Crippen molar-refractivity contribution in [1.82, 2.24) is 10.3 Å². The fourth-order valence-corrected chi connectivity index (χ4v) is 3.06. The number of aliphatic carboxylic acids is 1. The molecule has 0 atom stereocenters. The van der Waals surface area contributed by atoms with E-state index in [9.17, 15) is 9.59 Å². The number of amides is 1. The molecule has 21 heavy (non-hydrogen) atoms. The van der Waals surface area contributed by atoms with Gasteiger partial charge >= 0.3 is 5.97 Å². The molecule has 1 fully saturated rings. The highest BCUT2D eigenvalue weighted by molar-refractivity contribution is 6.06. The first-order valence-corrected chi connectivity index (χ1v) is 7.16. The predicted molar refractivity (Wildman–Crippen MR) is 79.2 cm³/mol. The van der Waals surface area contributed by atoms with Gasteiger partial charge in [-0.15, -0.1) is 0 Å². The molecule has 5 heteroatoms. The van der Waals surface area contributed by atoms with Crippen molar-refractivity contribution >= 4 is 22.8 Å². The molecule has 1 aromatic carbocycles. The molecule has 1 amide bonds. The van der Waals surface area contributed by atoms with E-state index in [0.717, 1.165) is 30.2 Å². The fraction of sp³-hybridized carbons (Fsp3) is 0.375. The summed E-state index contributed by atoms with van der Waals surface area (Å²) in [6.45, 7) is 0.430. The third-order valence-corrected chi connectivity index (χ3v) is 4.40. The zero-order chi connectivity index (χ0) is 14.9. The second kappa shape index (κ2) is 5.24. The number of hydrogen-bond acceptors (Lipinski definition) is 2. The van der Waals surface area contributed by atoms with Crippen molar-refractivity contribution in [2.24, 2.45) is 5.41 Å². The first-order valence-electron chi connectivity index (χ1n) is 7.16. The fourth-order valence-electron chi connectivity index (χ4n) is 3.06. The van der Waals surface area contributed by atoms with Crippen molar-refractivity contribution in [3.05, 3.63) is 36.0 Å². The first-order chi connectivity index (χ1) is 10.1. The molecule has 0 radical (unpaired) electrons. The van der Waals surface area contributed by atoms with Crippen LogP contribution in [0.1, 0.15) is 36.0 Å². The van der Waals surface area contributed by atoms with E-state index in [1.807, 2.05) is 18.2 Å². The van der Waals surface area contributed by atoms with Gasteiger partial charge in [-0.3, -0.25) is 9.59 Å². The summed E-state index contributed by atoms with van der Waals surface area (Å²) in [6.07, 6.45) is 4.71. The van der Waals surface area contributed by atoms with Crippen LogP contribution < -0.4 is 5.32 Å². The summed E-state index contributed by atoms with van der Waals surface area (Å²) in [4.78, 5) is 26.4. The Kier molecular flexibility index (Phi) is 3.41. The Morgan fingerprint density at radius 3 is 2.76 bits per heavy atom. The summed E-state index contributed by atoms with van der Waals surface area (Å²) in [5, 5.41) is 12.8. The van der Waals surface area contributed by atoms with Gasteiger partial charge in [-0.2, -0.15) is 0 Å². The van der Waals surface area contributed by atoms with Crippen LogP contribution in [0.3, 0.4) is 0 Å². The average Bonchev–Trinajstić information content (AvgIpc) is 2.89. The molecule has 0 spiro atoms. The molecule has 3 N–H and O–H groups in total. The Balaban J connectivity index is 1.72. The van der Waals surface area contributed by atoms with Crippen LogP contribution in [-0.4, -0.2) is 28.5 Å². The van der Waals surface area contributed by atoms with Crippen LogP contribution in [0, 0.1) is 5.41 Å². The van der Waals surface area contributed by atoms with E-state index < -0.39 is 5.97 Å². The predicted octanol–water partition coefficient (Wildman–Crippen LogP) is 2.54. The van der Waals surface area contributed by atoms with Gasteiger partial charge in [0.2, 0.25) is 0 Å². The Hall–Kier alpha value is -2.30. The number of H-pyrrole nitrogens is 1. The molecule has 110 valence electrons. The number of rotatable bonds is 5. The number of aromatic nitrogens is 1. The lowest BCUT2D eigenvalue weighted by Gasteiger charge is -2.40. The Morgan fingerprint density at radius 2 is 2.10 bits per heavy atom. The zero-order valence-corrected chi connectivity index (χ0v) is 11.7. The number of carboxylic acids is 1. The van der Waals surface area contributed by atoms with Gasteiger partial charge in [-0.1, -0.05) is 12.5 Å². The minimum atomic E-state index is -0.795. The molecule has 1 aliphatic carbocycles. The third kappa shape index (κ3) is 2.63. The maximum absolute atomic E-state index is 12.4. The molecule has 1 aromatic heterocycles. The molecule has 3 rings (SSSR count). The second-order valence-electron chi connectivity index (χ2n) is 5.85. The van der Waals surface area contributed by atoms with E-state index in [1.165, 1.54) is 0 Å². The maximum atomic E-state index is 12.4. The van der Waals surface area contributed by atoms with Crippen LogP contribution in [0.4, 0.5) is 0 Å². The lowest BCUT2D eigenvalue weighted by Crippen LogP contribution is -2.43. The SMILES string of the molecule is O=C(O)CC1(CNC(=O)c2cccc3[nH]ccc23)CCC1. The van der Waals surface area contributed by atoms with Crippen molar-refractivity contribution < 1.29 is 14.7 Å². The van der Waals surface area contributed by atoms with E-state index in [-0.39, 0.29) is 17.7 Å². The van der Waals surface area contributed by atoms with Crippen molar-refractivity contribution in [3.8, 4) is 0 Å². The normalized spacial score (nSPS) is 16.4. The molecule has 0 aliphatic heterocycles. The number of fused-ring (bicyclic) bond motifs is 1. The summed E-state index contributed by atoms with van der Waals surface area (Å²) >= 11 is 0. The lowest BCUT2D eigenvalue weighted by atomic mass is 9.66. The van der Waals surface area contributed by atoms with Crippen LogP contribution in [-0.2, 0) is 4.79 Å². The Bertz CT molecular complexity index is 686. The number of aromatic amines is 1. The third-order valence-electron chi connectivity index (χ3n) is 4.40. The van der Waals surface area contributed by atoms with Gasteiger partial charge in [0.15, 0.2) is 0 Å². The smallest absolute Gasteiger partial charge is 0.303 e. The summed E-state index contributed by atoms with van der Waals surface area (Å²) in [6, 6.07) is 7.42. The van der Waals surface area contributed by atoms with E-state index in [2.05, 4.69) is 10.3 Å². The molecule has 1 heterocycles. The van der Waals surface area contributed by atoms with Gasteiger partial charge in [0.1, 0.15) is 0 Å². The van der Waals surface area contributed by atoms with Crippen molar-refractivity contribution in [1.29, 1.82) is 0 Å². The number of carboxylic acid groups (broad SMARTS) is 1.